The van der Waals surface area contributed by atoms with E-state index in [0.717, 1.165) is 47.5 Å². The minimum absolute atomic E-state index is 0.00902. The largest absolute Gasteiger partial charge is 0.493 e. The Morgan fingerprint density at radius 3 is 2.20 bits per heavy atom. The third-order valence-electron chi connectivity index (χ3n) is 13.9. The lowest BCUT2D eigenvalue weighted by molar-refractivity contribution is -0.143. The molecule has 2 aliphatic heterocycles. The van der Waals surface area contributed by atoms with Gasteiger partial charge in [-0.3, -0.25) is 33.6 Å². The normalized spacial score (nSPS) is 18.6. The number of alkyl carbamates (subject to hydrolysis) is 1. The smallest absolute Gasteiger partial charge is 0.407 e. The molecule has 0 radical (unpaired) electrons. The summed E-state index contributed by atoms with van der Waals surface area (Å²) in [6.45, 7) is 4.26. The third-order valence-corrected chi connectivity index (χ3v) is 13.9. The molecule has 19 nitrogen and oxygen atoms in total. The van der Waals surface area contributed by atoms with Crippen LogP contribution in [0.3, 0.4) is 0 Å². The van der Waals surface area contributed by atoms with Crippen LogP contribution in [0.1, 0.15) is 79.7 Å². The van der Waals surface area contributed by atoms with Gasteiger partial charge < -0.3 is 56.9 Å². The number of likely N-dealkylation sites (N-methyl/N-ethyl adjacent to an activating group) is 1. The van der Waals surface area contributed by atoms with E-state index < -0.39 is 72.1 Å². The Morgan fingerprint density at radius 1 is 0.763 bits per heavy atom. The zero-order valence-corrected chi connectivity index (χ0v) is 43.6. The molecular weight excluding hydrogens is 971 g/mol. The summed E-state index contributed by atoms with van der Waals surface area (Å²) in [6, 6.07) is 28.5. The Hall–Kier alpha value is -7.80. The maximum atomic E-state index is 14.6. The van der Waals surface area contributed by atoms with Gasteiger partial charge in [-0.05, 0) is 77.2 Å². The number of hydrogen-bond donors (Lipinski definition) is 8. The van der Waals surface area contributed by atoms with E-state index in [2.05, 4.69) is 60.5 Å². The van der Waals surface area contributed by atoms with E-state index >= 15 is 0 Å². The van der Waals surface area contributed by atoms with Gasteiger partial charge in [0.1, 0.15) is 24.4 Å². The number of hydrogen-bond acceptors (Lipinski definition) is 11. The molecule has 19 heteroatoms. The zero-order chi connectivity index (χ0) is 54.0. The molecule has 0 spiro atoms. The van der Waals surface area contributed by atoms with Crippen LogP contribution in [0.5, 0.6) is 5.75 Å². The molecule has 4 aromatic carbocycles. The van der Waals surface area contributed by atoms with Crippen LogP contribution in [-0.4, -0.2) is 131 Å². The summed E-state index contributed by atoms with van der Waals surface area (Å²) in [4.78, 5) is 112. The van der Waals surface area contributed by atoms with Crippen molar-refractivity contribution in [2.75, 3.05) is 66.1 Å². The van der Waals surface area contributed by atoms with Crippen molar-refractivity contribution in [2.24, 2.45) is 11.3 Å². The van der Waals surface area contributed by atoms with Crippen molar-refractivity contribution in [3.63, 3.8) is 0 Å². The fraction of sp³-hybridized carbons (Fsp3) is 0.439. The summed E-state index contributed by atoms with van der Waals surface area (Å²) in [6.07, 6.45) is 0.140. The van der Waals surface area contributed by atoms with E-state index in [1.807, 2.05) is 74.5 Å². The molecule has 1 saturated heterocycles. The first-order valence-electron chi connectivity index (χ1n) is 26.2. The highest BCUT2D eigenvalue weighted by molar-refractivity contribution is 6.07. The van der Waals surface area contributed by atoms with Crippen LogP contribution in [0.4, 0.5) is 4.79 Å². The highest BCUT2D eigenvalue weighted by atomic mass is 16.5. The minimum atomic E-state index is -2.27. The molecule has 1 unspecified atom stereocenters. The van der Waals surface area contributed by atoms with Gasteiger partial charge in [-0.2, -0.15) is 0 Å². The van der Waals surface area contributed by atoms with E-state index in [4.69, 9.17) is 9.47 Å². The van der Waals surface area contributed by atoms with E-state index in [1.54, 1.807) is 30.3 Å². The number of nitrogens with one attached hydrogen (secondary N) is 8. The van der Waals surface area contributed by atoms with Crippen LogP contribution in [0.15, 0.2) is 97.1 Å². The standard InChI is InChI=1S/C57H71N9O10/c1-37(2)31-46-52(70)59-26-21-50(68)62-35-57(55(73)61-28-23-51(69)64-46,54(72)60-27-22-49(67)58-25-12-30-75-48-20-11-15-39-33-66(3)29-24-40(39)48)36-63-53(71)47(32-38-13-5-4-6-14-38)65-56(74)76-34-45-43-18-9-7-16-41(43)42-17-8-10-19-44(42)45/h4-11,13-20,37,45-47H,12,21-36H2,1-3H3,(H,58,67)(H,59,70)(H,60,72)(H,61,73)(H,62,68)(H,63,71)(H,64,69)(H,65,74)/t46-,47-,57?/m0/s1. The Bertz CT molecular complexity index is 2670. The number of ether oxygens (including phenoxy) is 2. The number of amides is 8. The molecule has 0 aromatic heterocycles. The topological polar surface area (TPSA) is 254 Å². The Labute approximate surface area is 443 Å². The molecule has 0 saturated carbocycles. The van der Waals surface area contributed by atoms with Crippen molar-refractivity contribution in [2.45, 2.75) is 83.3 Å². The summed E-state index contributed by atoms with van der Waals surface area (Å²) in [5.41, 5.74) is 4.92. The van der Waals surface area contributed by atoms with Crippen molar-refractivity contribution in [3.8, 4) is 16.9 Å². The van der Waals surface area contributed by atoms with Gasteiger partial charge in [-0.1, -0.05) is 105 Å². The van der Waals surface area contributed by atoms with Crippen molar-refractivity contribution in [1.29, 1.82) is 0 Å². The van der Waals surface area contributed by atoms with Gasteiger partial charge in [0.05, 0.1) is 6.61 Å². The fourth-order valence-electron chi connectivity index (χ4n) is 9.76. The fourth-order valence-corrected chi connectivity index (χ4v) is 9.76. The summed E-state index contributed by atoms with van der Waals surface area (Å²) in [5.74, 6) is -4.06. The molecular formula is C57H71N9O10. The molecule has 404 valence electrons. The van der Waals surface area contributed by atoms with Gasteiger partial charge in [0, 0.05) is 84.0 Å². The summed E-state index contributed by atoms with van der Waals surface area (Å²) < 4.78 is 11.9. The van der Waals surface area contributed by atoms with Gasteiger partial charge in [-0.25, -0.2) is 4.79 Å². The molecule has 3 aliphatic rings. The second-order valence-corrected chi connectivity index (χ2v) is 20.0. The Balaban J connectivity index is 1.04. The maximum absolute atomic E-state index is 14.6. The van der Waals surface area contributed by atoms with Crippen LogP contribution >= 0.6 is 0 Å². The lowest BCUT2D eigenvalue weighted by atomic mass is 9.84. The SMILES string of the molecule is CC(C)C[C@@H]1NC(=O)CCNC(=O)C(CNC(=O)[C@H](Cc2ccccc2)NC(=O)OCC2c3ccccc3-c3ccccc32)(C(=O)NCCC(=O)NCCCOc2cccc3c2CCN(C)C3)CNC(=O)CCNC1=O. The molecule has 76 heavy (non-hydrogen) atoms. The molecule has 1 aliphatic carbocycles. The second-order valence-electron chi connectivity index (χ2n) is 20.0. The minimum Gasteiger partial charge on any atom is -0.493 e. The molecule has 3 atom stereocenters. The quantitative estimate of drug-likeness (QED) is 0.0501. The molecule has 2 heterocycles. The molecule has 7 rings (SSSR count). The average Bonchev–Trinajstić information content (AvgIpc) is 3.74. The average molecular weight is 1040 g/mol. The first-order chi connectivity index (χ1) is 36.7. The summed E-state index contributed by atoms with van der Waals surface area (Å²) >= 11 is 0. The van der Waals surface area contributed by atoms with Crippen molar-refractivity contribution in [1.82, 2.24) is 47.4 Å². The van der Waals surface area contributed by atoms with Gasteiger partial charge in [-0.15, -0.1) is 0 Å². The molecule has 4 aromatic rings. The van der Waals surface area contributed by atoms with Crippen LogP contribution in [0, 0.1) is 11.3 Å². The highest BCUT2D eigenvalue weighted by Gasteiger charge is 2.47. The van der Waals surface area contributed by atoms with E-state index in [9.17, 15) is 38.4 Å². The van der Waals surface area contributed by atoms with Crippen molar-refractivity contribution < 1.29 is 47.8 Å². The lowest BCUT2D eigenvalue weighted by Crippen LogP contribution is -2.63. The predicted molar refractivity (Wildman–Crippen MR) is 284 cm³/mol. The molecule has 8 N–H and O–H groups in total. The number of carbonyl (C=O) groups is 8. The highest BCUT2D eigenvalue weighted by Crippen LogP contribution is 2.44. The van der Waals surface area contributed by atoms with Gasteiger partial charge >= 0.3 is 6.09 Å². The van der Waals surface area contributed by atoms with E-state index in [-0.39, 0.29) is 69.7 Å². The lowest BCUT2D eigenvalue weighted by Gasteiger charge is -2.32. The van der Waals surface area contributed by atoms with Crippen molar-refractivity contribution >= 4 is 47.4 Å². The van der Waals surface area contributed by atoms with Gasteiger partial charge in [0.25, 0.3) is 0 Å². The van der Waals surface area contributed by atoms with E-state index in [1.165, 1.54) is 11.1 Å². The molecule has 0 bridgehead atoms. The Kier molecular flexibility index (Phi) is 20.0. The number of rotatable bonds is 19. The summed E-state index contributed by atoms with van der Waals surface area (Å²) in [5, 5.41) is 21.6. The number of benzene rings is 4. The van der Waals surface area contributed by atoms with Gasteiger partial charge in [0.15, 0.2) is 5.41 Å². The van der Waals surface area contributed by atoms with Crippen LogP contribution in [-0.2, 0) is 57.7 Å². The number of nitrogens with zero attached hydrogens (tertiary/aromatic N) is 1. The van der Waals surface area contributed by atoms with Crippen LogP contribution in [0.2, 0.25) is 0 Å². The molecule has 1 fully saturated rings. The van der Waals surface area contributed by atoms with Crippen molar-refractivity contribution in [3.05, 3.63) is 125 Å². The Morgan fingerprint density at radius 2 is 1.46 bits per heavy atom. The summed E-state index contributed by atoms with van der Waals surface area (Å²) in [7, 11) is 2.08. The second kappa shape index (κ2) is 27.1. The number of carbonyl (C=O) groups excluding carboxylic acids is 8. The first kappa shape index (κ1) is 55.9. The zero-order valence-electron chi connectivity index (χ0n) is 43.6. The maximum Gasteiger partial charge on any atom is 0.407 e. The van der Waals surface area contributed by atoms with Crippen LogP contribution in [0.25, 0.3) is 11.1 Å². The van der Waals surface area contributed by atoms with Crippen LogP contribution < -0.4 is 47.3 Å². The van der Waals surface area contributed by atoms with E-state index in [0.29, 0.717) is 31.6 Å². The monoisotopic (exact) mass is 1040 g/mol. The number of fused-ring (bicyclic) bond motifs is 4. The first-order valence-corrected chi connectivity index (χ1v) is 26.2. The van der Waals surface area contributed by atoms with Gasteiger partial charge in [0.2, 0.25) is 41.4 Å². The third kappa shape index (κ3) is 15.2. The molecule has 8 amide bonds. The predicted octanol–water partition coefficient (Wildman–Crippen LogP) is 2.99.